The Bertz CT molecular complexity index is 485. The van der Waals surface area contributed by atoms with Crippen molar-refractivity contribution in [2.75, 3.05) is 0 Å². The van der Waals surface area contributed by atoms with Crippen molar-refractivity contribution in [1.82, 2.24) is 15.2 Å². The summed E-state index contributed by atoms with van der Waals surface area (Å²) in [5, 5.41) is 15.5. The number of aromatic carboxylic acids is 1. The summed E-state index contributed by atoms with van der Waals surface area (Å²) in [6.07, 6.45) is 0. The number of carbonyl (C=O) groups is 1. The number of H-pyrrole nitrogens is 2. The monoisotopic (exact) mass is 243 g/mol. The van der Waals surface area contributed by atoms with E-state index in [0.29, 0.717) is 9.99 Å². The number of nitrogens with one attached hydrogen (secondary N) is 2. The minimum absolute atomic E-state index is 0.134. The number of fused-ring (bicyclic) bond motifs is 1. The van der Waals surface area contributed by atoms with Crippen LogP contribution in [0.5, 0.6) is 0 Å². The molecule has 0 spiro atoms. The van der Waals surface area contributed by atoms with Gasteiger partial charge in [-0.05, 0) is 22.9 Å². The Labute approximate surface area is 81.3 Å². The fourth-order valence-corrected chi connectivity index (χ4v) is 1.74. The number of hydrogen-bond acceptors (Lipinski definition) is 2. The number of nitrogens with zero attached hydrogens (tertiary/aromatic N) is 1. The van der Waals surface area contributed by atoms with Gasteiger partial charge in [-0.15, -0.1) is 0 Å². The molecule has 0 aliphatic rings. The molecular formula is C7H6BrN3O2. The third kappa shape index (κ3) is 1.06. The van der Waals surface area contributed by atoms with Gasteiger partial charge in [-0.3, -0.25) is 5.10 Å². The number of hydrogen-bond donors (Lipinski definition) is 3. The van der Waals surface area contributed by atoms with Crippen LogP contribution in [0.1, 0.15) is 16.2 Å². The third-order valence-electron chi connectivity index (χ3n) is 1.84. The van der Waals surface area contributed by atoms with E-state index < -0.39 is 5.97 Å². The van der Waals surface area contributed by atoms with Crippen LogP contribution in [0.4, 0.5) is 0 Å². The molecule has 0 saturated carbocycles. The largest absolute Gasteiger partial charge is 0.477 e. The zero-order chi connectivity index (χ0) is 9.59. The molecule has 2 aromatic heterocycles. The van der Waals surface area contributed by atoms with E-state index in [1.165, 1.54) is 0 Å². The summed E-state index contributed by atoms with van der Waals surface area (Å²) in [7, 11) is 0. The van der Waals surface area contributed by atoms with E-state index in [9.17, 15) is 4.79 Å². The van der Waals surface area contributed by atoms with Crippen molar-refractivity contribution < 1.29 is 9.90 Å². The number of carboxylic acids is 1. The second kappa shape index (κ2) is 2.59. The average molecular weight is 244 g/mol. The number of halogens is 1. The number of carboxylic acid groups (broad SMARTS) is 1. The van der Waals surface area contributed by atoms with Gasteiger partial charge in [0.15, 0.2) is 0 Å². The molecule has 0 saturated heterocycles. The first kappa shape index (κ1) is 8.31. The highest BCUT2D eigenvalue weighted by Crippen LogP contribution is 2.27. The molecule has 0 fully saturated rings. The number of aryl methyl sites for hydroxylation is 1. The van der Waals surface area contributed by atoms with E-state index in [4.69, 9.17) is 5.11 Å². The highest BCUT2D eigenvalue weighted by atomic mass is 79.9. The Morgan fingerprint density at radius 2 is 2.31 bits per heavy atom. The summed E-state index contributed by atoms with van der Waals surface area (Å²) in [6, 6.07) is 0. The van der Waals surface area contributed by atoms with Gasteiger partial charge in [-0.25, -0.2) is 4.79 Å². The van der Waals surface area contributed by atoms with E-state index in [1.807, 2.05) is 6.92 Å². The molecule has 0 amide bonds. The van der Waals surface area contributed by atoms with Crippen LogP contribution in [0, 0.1) is 6.92 Å². The van der Waals surface area contributed by atoms with Crippen molar-refractivity contribution in [1.29, 1.82) is 0 Å². The minimum atomic E-state index is -0.996. The highest BCUT2D eigenvalue weighted by molar-refractivity contribution is 9.10. The van der Waals surface area contributed by atoms with Gasteiger partial charge >= 0.3 is 5.97 Å². The van der Waals surface area contributed by atoms with Crippen LogP contribution in [0.15, 0.2) is 4.47 Å². The Kier molecular flexibility index (Phi) is 1.66. The standard InChI is InChI=1S/C7H6BrN3O2/c1-2-4-5(11-10-2)3(8)6(9-4)7(12)13/h9H,1H3,(H,10,11)(H,12,13). The van der Waals surface area contributed by atoms with Crippen LogP contribution in [-0.4, -0.2) is 26.3 Å². The molecule has 68 valence electrons. The predicted octanol–water partition coefficient (Wildman–Crippen LogP) is 1.66. The molecule has 2 aromatic rings. The topological polar surface area (TPSA) is 81.8 Å². The molecule has 3 N–H and O–H groups in total. The van der Waals surface area contributed by atoms with E-state index in [1.54, 1.807) is 0 Å². The summed E-state index contributed by atoms with van der Waals surface area (Å²) in [5.74, 6) is -0.996. The van der Waals surface area contributed by atoms with Crippen LogP contribution in [0.3, 0.4) is 0 Å². The third-order valence-corrected chi connectivity index (χ3v) is 2.61. The van der Waals surface area contributed by atoms with Crippen LogP contribution >= 0.6 is 15.9 Å². The first-order chi connectivity index (χ1) is 6.11. The van der Waals surface area contributed by atoms with Gasteiger partial charge in [0.2, 0.25) is 0 Å². The minimum Gasteiger partial charge on any atom is -0.477 e. The molecule has 0 aliphatic carbocycles. The first-order valence-electron chi connectivity index (χ1n) is 3.56. The van der Waals surface area contributed by atoms with E-state index in [2.05, 4.69) is 31.1 Å². The van der Waals surface area contributed by atoms with E-state index in [-0.39, 0.29) is 5.69 Å². The van der Waals surface area contributed by atoms with Gasteiger partial charge < -0.3 is 10.1 Å². The number of aromatic amines is 2. The van der Waals surface area contributed by atoms with Gasteiger partial charge in [-0.1, -0.05) is 0 Å². The number of rotatable bonds is 1. The van der Waals surface area contributed by atoms with Crippen LogP contribution in [-0.2, 0) is 0 Å². The first-order valence-corrected chi connectivity index (χ1v) is 4.36. The second-order valence-corrected chi connectivity index (χ2v) is 3.48. The average Bonchev–Trinajstić information content (AvgIpc) is 2.55. The zero-order valence-electron chi connectivity index (χ0n) is 6.68. The van der Waals surface area contributed by atoms with Crippen LogP contribution in [0.2, 0.25) is 0 Å². The fraction of sp³-hybridized carbons (Fsp3) is 0.143. The molecule has 0 radical (unpaired) electrons. The summed E-state index contributed by atoms with van der Waals surface area (Å²) in [5.41, 5.74) is 2.30. The smallest absolute Gasteiger partial charge is 0.353 e. The van der Waals surface area contributed by atoms with Gasteiger partial charge in [0.05, 0.1) is 15.7 Å². The second-order valence-electron chi connectivity index (χ2n) is 2.69. The van der Waals surface area contributed by atoms with Gasteiger partial charge in [-0.2, -0.15) is 5.10 Å². The van der Waals surface area contributed by atoms with Crippen molar-refractivity contribution in [2.45, 2.75) is 6.92 Å². The summed E-state index contributed by atoms with van der Waals surface area (Å²) in [6.45, 7) is 1.82. The molecule has 0 bridgehead atoms. The molecule has 0 aliphatic heterocycles. The molecule has 6 heteroatoms. The van der Waals surface area contributed by atoms with Crippen molar-refractivity contribution in [3.63, 3.8) is 0 Å². The van der Waals surface area contributed by atoms with Gasteiger partial charge in [0.1, 0.15) is 11.2 Å². The molecule has 13 heavy (non-hydrogen) atoms. The fourth-order valence-electron chi connectivity index (χ4n) is 1.19. The van der Waals surface area contributed by atoms with Crippen LogP contribution < -0.4 is 0 Å². The van der Waals surface area contributed by atoms with Crippen molar-refractivity contribution in [3.8, 4) is 0 Å². The SMILES string of the molecule is Cc1[nH]nc2c(Br)c(C(=O)O)[nH]c12. The summed E-state index contributed by atoms with van der Waals surface area (Å²) in [4.78, 5) is 13.5. The maximum absolute atomic E-state index is 10.7. The molecule has 0 unspecified atom stereocenters. The Hall–Kier alpha value is -1.30. The van der Waals surface area contributed by atoms with Crippen molar-refractivity contribution in [2.24, 2.45) is 0 Å². The Morgan fingerprint density at radius 1 is 1.62 bits per heavy atom. The molecule has 2 heterocycles. The summed E-state index contributed by atoms with van der Waals surface area (Å²) >= 11 is 3.17. The zero-order valence-corrected chi connectivity index (χ0v) is 8.27. The molecule has 0 aromatic carbocycles. The lowest BCUT2D eigenvalue weighted by Crippen LogP contribution is -1.97. The lowest BCUT2D eigenvalue weighted by molar-refractivity contribution is 0.0690. The maximum atomic E-state index is 10.7. The quantitative estimate of drug-likeness (QED) is 0.713. The lowest BCUT2D eigenvalue weighted by atomic mass is 10.4. The van der Waals surface area contributed by atoms with Crippen molar-refractivity contribution in [3.05, 3.63) is 15.9 Å². The predicted molar refractivity (Wildman–Crippen MR) is 49.8 cm³/mol. The normalized spacial score (nSPS) is 10.9. The molecule has 5 nitrogen and oxygen atoms in total. The maximum Gasteiger partial charge on any atom is 0.353 e. The highest BCUT2D eigenvalue weighted by Gasteiger charge is 2.17. The Morgan fingerprint density at radius 3 is 2.85 bits per heavy atom. The molecular weight excluding hydrogens is 238 g/mol. The number of aromatic nitrogens is 3. The Balaban J connectivity index is 2.81. The summed E-state index contributed by atoms with van der Waals surface area (Å²) < 4.78 is 0.486. The molecule has 0 atom stereocenters. The van der Waals surface area contributed by atoms with Crippen molar-refractivity contribution >= 4 is 32.9 Å². The van der Waals surface area contributed by atoms with E-state index in [0.717, 1.165) is 11.2 Å². The van der Waals surface area contributed by atoms with Crippen LogP contribution in [0.25, 0.3) is 11.0 Å². The van der Waals surface area contributed by atoms with Gasteiger partial charge in [0, 0.05) is 0 Å². The van der Waals surface area contributed by atoms with Gasteiger partial charge in [0.25, 0.3) is 0 Å². The lowest BCUT2D eigenvalue weighted by Gasteiger charge is -1.88. The molecule has 2 rings (SSSR count). The van der Waals surface area contributed by atoms with E-state index >= 15 is 0 Å².